The molecule has 1 amide bonds. The molecular weight excluding hydrogens is 460 g/mol. The Bertz CT molecular complexity index is 1290. The maximum atomic E-state index is 13.1. The Labute approximate surface area is 211 Å². The molecule has 0 radical (unpaired) electrons. The Hall–Kier alpha value is -3.45. The van der Waals surface area contributed by atoms with Crippen LogP contribution in [0.2, 0.25) is 5.02 Å². The van der Waals surface area contributed by atoms with Crippen molar-refractivity contribution in [2.45, 2.75) is 12.8 Å². The lowest BCUT2D eigenvalue weighted by Gasteiger charge is -2.36. The quantitative estimate of drug-likeness (QED) is 0.556. The Kier molecular flexibility index (Phi) is 6.68. The molecule has 0 saturated carbocycles. The topological polar surface area (TPSA) is 56.1 Å². The summed E-state index contributed by atoms with van der Waals surface area (Å²) in [6.07, 6.45) is 8.20. The highest BCUT2D eigenvalue weighted by Crippen LogP contribution is 2.32. The van der Waals surface area contributed by atoms with E-state index in [1.54, 1.807) is 0 Å². The van der Waals surface area contributed by atoms with Crippen LogP contribution in [-0.4, -0.2) is 71.9 Å². The number of nitrogens with one attached hydrogen (secondary N) is 1. The van der Waals surface area contributed by atoms with Crippen LogP contribution in [0.3, 0.4) is 0 Å². The molecular formula is C27H31ClN6O. The second-order valence-electron chi connectivity index (χ2n) is 9.15. The highest BCUT2D eigenvalue weighted by molar-refractivity contribution is 6.33. The lowest BCUT2D eigenvalue weighted by atomic mass is 9.99. The van der Waals surface area contributed by atoms with Gasteiger partial charge < -0.3 is 20.0 Å². The average molecular weight is 491 g/mol. The zero-order chi connectivity index (χ0) is 24.4. The number of amides is 1. The molecule has 35 heavy (non-hydrogen) atoms. The van der Waals surface area contributed by atoms with Gasteiger partial charge in [-0.25, -0.2) is 4.98 Å². The summed E-state index contributed by atoms with van der Waals surface area (Å²) < 4.78 is 2.03. The summed E-state index contributed by atoms with van der Waals surface area (Å²) in [6.45, 7) is 3.12. The molecule has 182 valence electrons. The minimum atomic E-state index is 0.0908. The van der Waals surface area contributed by atoms with E-state index < -0.39 is 0 Å². The number of anilines is 2. The molecule has 1 saturated heterocycles. The van der Waals surface area contributed by atoms with Crippen LogP contribution < -0.4 is 10.2 Å². The molecule has 0 bridgehead atoms. The van der Waals surface area contributed by atoms with Crippen LogP contribution in [0.15, 0.2) is 66.5 Å². The lowest BCUT2D eigenvalue weighted by molar-refractivity contribution is -0.129. The molecule has 5 rings (SSSR count). The summed E-state index contributed by atoms with van der Waals surface area (Å²) in [4.78, 5) is 24.3. The molecule has 3 heterocycles. The van der Waals surface area contributed by atoms with Gasteiger partial charge in [-0.1, -0.05) is 35.9 Å². The smallest absolute Gasteiger partial charge is 0.242 e. The van der Waals surface area contributed by atoms with Gasteiger partial charge in [0.25, 0.3) is 0 Å². The highest BCUT2D eigenvalue weighted by Gasteiger charge is 2.24. The maximum absolute atomic E-state index is 13.1. The van der Waals surface area contributed by atoms with E-state index >= 15 is 0 Å². The van der Waals surface area contributed by atoms with E-state index in [1.807, 2.05) is 58.0 Å². The molecule has 3 aromatic rings. The normalized spacial score (nSPS) is 16.2. The van der Waals surface area contributed by atoms with Gasteiger partial charge in [0.2, 0.25) is 5.91 Å². The van der Waals surface area contributed by atoms with Gasteiger partial charge in [0, 0.05) is 52.2 Å². The van der Waals surface area contributed by atoms with Crippen molar-refractivity contribution >= 4 is 40.2 Å². The number of hydrogen-bond acceptors (Lipinski definition) is 5. The van der Waals surface area contributed by atoms with Gasteiger partial charge in [0.15, 0.2) is 0 Å². The summed E-state index contributed by atoms with van der Waals surface area (Å²) in [5.41, 5.74) is 5.30. The summed E-state index contributed by atoms with van der Waals surface area (Å²) in [7, 11) is 4.14. The number of nitrogens with zero attached hydrogens (tertiary/aromatic N) is 5. The molecule has 1 aliphatic carbocycles. The third-order valence-electron chi connectivity index (χ3n) is 6.77. The van der Waals surface area contributed by atoms with Crippen molar-refractivity contribution < 1.29 is 4.79 Å². The number of piperazine rings is 1. The summed E-state index contributed by atoms with van der Waals surface area (Å²) >= 11 is 6.36. The first-order valence-electron chi connectivity index (χ1n) is 12.1. The van der Waals surface area contributed by atoms with E-state index in [-0.39, 0.29) is 12.5 Å². The second kappa shape index (κ2) is 10.0. The van der Waals surface area contributed by atoms with Crippen molar-refractivity contribution in [3.63, 3.8) is 0 Å². The van der Waals surface area contributed by atoms with Crippen LogP contribution in [0.1, 0.15) is 18.5 Å². The zero-order valence-corrected chi connectivity index (χ0v) is 21.0. The predicted octanol–water partition coefficient (Wildman–Crippen LogP) is 4.37. The first kappa shape index (κ1) is 23.3. The largest absolute Gasteiger partial charge is 0.381 e. The van der Waals surface area contributed by atoms with E-state index in [0.29, 0.717) is 13.1 Å². The molecule has 8 heteroatoms. The number of aromatic nitrogens is 2. The van der Waals surface area contributed by atoms with E-state index in [4.69, 9.17) is 16.6 Å². The average Bonchev–Trinajstić information content (AvgIpc) is 3.26. The fourth-order valence-electron chi connectivity index (χ4n) is 4.76. The van der Waals surface area contributed by atoms with Gasteiger partial charge in [-0.05, 0) is 48.8 Å². The number of halogens is 1. The van der Waals surface area contributed by atoms with Crippen LogP contribution in [0.4, 0.5) is 11.5 Å². The Morgan fingerprint density at radius 2 is 1.80 bits per heavy atom. The summed E-state index contributed by atoms with van der Waals surface area (Å²) in [5.74, 6) is 0.963. The molecule has 0 spiro atoms. The third kappa shape index (κ3) is 4.86. The van der Waals surface area contributed by atoms with Crippen molar-refractivity contribution in [2.24, 2.45) is 0 Å². The standard InChI is InChI=1S/C27H31ClN6O/c1-31(2)21-12-10-20(11-13-21)26-27(34-14-6-5-9-24(34)30-26)29-19-25(35)33-17-15-32(16-18-33)23-8-4-3-7-22(23)28/h3-10,12,14,29H,11,13,15-19H2,1-2H3. The number of carbonyl (C=O) groups excluding carboxylic acids is 1. The van der Waals surface area contributed by atoms with Gasteiger partial charge in [0.05, 0.1) is 17.3 Å². The number of hydrogen-bond donors (Lipinski definition) is 1. The van der Waals surface area contributed by atoms with Crippen LogP contribution >= 0.6 is 11.6 Å². The van der Waals surface area contributed by atoms with Crippen LogP contribution in [-0.2, 0) is 4.79 Å². The van der Waals surface area contributed by atoms with Crippen LogP contribution in [0.25, 0.3) is 11.2 Å². The molecule has 7 nitrogen and oxygen atoms in total. The van der Waals surface area contributed by atoms with Crippen molar-refractivity contribution in [3.8, 4) is 0 Å². The first-order chi connectivity index (χ1) is 17.0. The van der Waals surface area contributed by atoms with E-state index in [9.17, 15) is 4.79 Å². The van der Waals surface area contributed by atoms with E-state index in [2.05, 4.69) is 41.4 Å². The van der Waals surface area contributed by atoms with Gasteiger partial charge in [0.1, 0.15) is 17.2 Å². The number of rotatable bonds is 6. The van der Waals surface area contributed by atoms with E-state index in [1.165, 1.54) is 11.3 Å². The Morgan fingerprint density at radius 3 is 2.51 bits per heavy atom. The van der Waals surface area contributed by atoms with Crippen molar-refractivity contribution in [3.05, 3.63) is 77.2 Å². The molecule has 1 N–H and O–H groups in total. The number of allylic oxidation sites excluding steroid dienone is 4. The summed E-state index contributed by atoms with van der Waals surface area (Å²) in [5, 5.41) is 4.17. The zero-order valence-electron chi connectivity index (χ0n) is 20.2. The number of imidazole rings is 1. The number of benzene rings is 1. The fraction of sp³-hybridized carbons (Fsp3) is 0.333. The minimum absolute atomic E-state index is 0.0908. The molecule has 1 fully saturated rings. The number of para-hydroxylation sites is 1. The molecule has 1 aromatic carbocycles. The molecule has 2 aliphatic rings. The third-order valence-corrected chi connectivity index (χ3v) is 7.09. The molecule has 0 unspecified atom stereocenters. The predicted molar refractivity (Wildman–Crippen MR) is 143 cm³/mol. The van der Waals surface area contributed by atoms with Crippen molar-refractivity contribution in [1.29, 1.82) is 0 Å². The monoisotopic (exact) mass is 490 g/mol. The first-order valence-corrected chi connectivity index (χ1v) is 12.4. The number of pyridine rings is 1. The van der Waals surface area contributed by atoms with Gasteiger partial charge in [-0.15, -0.1) is 0 Å². The van der Waals surface area contributed by atoms with Crippen molar-refractivity contribution in [1.82, 2.24) is 19.2 Å². The van der Waals surface area contributed by atoms with E-state index in [0.717, 1.165) is 53.8 Å². The van der Waals surface area contributed by atoms with Gasteiger partial charge in [-0.3, -0.25) is 9.20 Å². The van der Waals surface area contributed by atoms with Crippen molar-refractivity contribution in [2.75, 3.05) is 57.0 Å². The number of fused-ring (bicyclic) bond motifs is 1. The molecule has 1 aliphatic heterocycles. The molecule has 0 atom stereocenters. The summed E-state index contributed by atoms with van der Waals surface area (Å²) in [6, 6.07) is 13.8. The Balaban J connectivity index is 1.29. The lowest BCUT2D eigenvalue weighted by Crippen LogP contribution is -2.50. The minimum Gasteiger partial charge on any atom is -0.381 e. The number of carbonyl (C=O) groups is 1. The highest BCUT2D eigenvalue weighted by atomic mass is 35.5. The maximum Gasteiger partial charge on any atom is 0.242 e. The van der Waals surface area contributed by atoms with Gasteiger partial charge >= 0.3 is 0 Å². The SMILES string of the molecule is CN(C)C1=CC=C(c2nc3ccccn3c2NCC(=O)N2CCN(c3ccccc3Cl)CC2)CC1. The Morgan fingerprint density at radius 1 is 1.03 bits per heavy atom. The van der Waals surface area contributed by atoms with Crippen LogP contribution in [0, 0.1) is 0 Å². The van der Waals surface area contributed by atoms with Crippen LogP contribution in [0.5, 0.6) is 0 Å². The second-order valence-corrected chi connectivity index (χ2v) is 9.56. The fourth-order valence-corrected chi connectivity index (χ4v) is 5.02. The molecule has 2 aromatic heterocycles. The van der Waals surface area contributed by atoms with Gasteiger partial charge in [-0.2, -0.15) is 0 Å².